The molecule has 1 heterocycles. The number of carbonyl (C=O) groups excluding carboxylic acids is 2. The van der Waals surface area contributed by atoms with Gasteiger partial charge in [0.2, 0.25) is 5.91 Å². The zero-order valence-corrected chi connectivity index (χ0v) is 13.9. The number of carbonyl (C=O) groups is 2. The second kappa shape index (κ2) is 7.70. The number of anilines is 1. The largest absolute Gasteiger partial charge is 0.356 e. The monoisotopic (exact) mass is 343 g/mol. The second-order valence-electron chi connectivity index (χ2n) is 5.24. The SMILES string of the molecule is CCNC(=O)[C@H]1CCCN(C(=O)Nc2ccc(Cl)c(Cl)c2)C1. The van der Waals surface area contributed by atoms with Crippen LogP contribution < -0.4 is 10.6 Å². The number of hydrogen-bond donors (Lipinski definition) is 2. The zero-order valence-electron chi connectivity index (χ0n) is 12.4. The molecule has 1 aliphatic heterocycles. The van der Waals surface area contributed by atoms with Gasteiger partial charge in [-0.1, -0.05) is 23.2 Å². The highest BCUT2D eigenvalue weighted by atomic mass is 35.5. The fourth-order valence-corrected chi connectivity index (χ4v) is 2.77. The zero-order chi connectivity index (χ0) is 16.1. The number of likely N-dealkylation sites (tertiary alicyclic amines) is 1. The van der Waals surface area contributed by atoms with Crippen LogP contribution in [0.25, 0.3) is 0 Å². The number of halogens is 2. The van der Waals surface area contributed by atoms with E-state index in [0.717, 1.165) is 12.8 Å². The highest BCUT2D eigenvalue weighted by molar-refractivity contribution is 6.42. The molecule has 0 spiro atoms. The van der Waals surface area contributed by atoms with Crippen molar-refractivity contribution in [1.29, 1.82) is 0 Å². The molecule has 0 unspecified atom stereocenters. The standard InChI is InChI=1S/C15H19Cl2N3O2/c1-2-18-14(21)10-4-3-7-20(9-10)15(22)19-11-5-6-12(16)13(17)8-11/h5-6,8,10H,2-4,7,9H2,1H3,(H,18,21)(H,19,22)/t10-/m0/s1. The maximum atomic E-state index is 12.3. The molecule has 2 N–H and O–H groups in total. The van der Waals surface area contributed by atoms with Crippen LogP contribution >= 0.6 is 23.2 Å². The summed E-state index contributed by atoms with van der Waals surface area (Å²) in [5, 5.41) is 6.42. The molecule has 0 aromatic heterocycles. The van der Waals surface area contributed by atoms with E-state index in [4.69, 9.17) is 23.2 Å². The molecule has 1 aromatic rings. The highest BCUT2D eigenvalue weighted by Crippen LogP contribution is 2.25. The van der Waals surface area contributed by atoms with Crippen LogP contribution in [-0.2, 0) is 4.79 Å². The van der Waals surface area contributed by atoms with Crippen LogP contribution in [0.3, 0.4) is 0 Å². The number of urea groups is 1. The maximum Gasteiger partial charge on any atom is 0.321 e. The lowest BCUT2D eigenvalue weighted by Crippen LogP contribution is -2.46. The first-order valence-corrected chi connectivity index (χ1v) is 8.05. The van der Waals surface area contributed by atoms with Crippen LogP contribution in [0.5, 0.6) is 0 Å². The van der Waals surface area contributed by atoms with Gasteiger partial charge in [-0.25, -0.2) is 4.79 Å². The molecule has 1 aliphatic rings. The van der Waals surface area contributed by atoms with Crippen molar-refractivity contribution in [3.63, 3.8) is 0 Å². The summed E-state index contributed by atoms with van der Waals surface area (Å²) in [6.45, 7) is 3.56. The topological polar surface area (TPSA) is 61.4 Å². The summed E-state index contributed by atoms with van der Waals surface area (Å²) in [5.41, 5.74) is 0.583. The van der Waals surface area contributed by atoms with Crippen molar-refractivity contribution in [3.8, 4) is 0 Å². The second-order valence-corrected chi connectivity index (χ2v) is 6.05. The molecule has 0 aliphatic carbocycles. The molecule has 1 fully saturated rings. The molecule has 3 amide bonds. The molecule has 7 heteroatoms. The number of piperidine rings is 1. The van der Waals surface area contributed by atoms with E-state index in [1.165, 1.54) is 0 Å². The Kier molecular flexibility index (Phi) is 5.91. The predicted octanol–water partition coefficient (Wildman–Crippen LogP) is 3.37. The molecule has 2 rings (SSSR count). The number of nitrogens with one attached hydrogen (secondary N) is 2. The number of rotatable bonds is 3. The number of hydrogen-bond acceptors (Lipinski definition) is 2. The van der Waals surface area contributed by atoms with Gasteiger partial charge in [-0.3, -0.25) is 4.79 Å². The molecule has 0 saturated carbocycles. The van der Waals surface area contributed by atoms with Gasteiger partial charge in [0.05, 0.1) is 16.0 Å². The van der Waals surface area contributed by atoms with Crippen molar-refractivity contribution in [1.82, 2.24) is 10.2 Å². The fourth-order valence-electron chi connectivity index (χ4n) is 2.47. The van der Waals surface area contributed by atoms with Crippen molar-refractivity contribution in [3.05, 3.63) is 28.2 Å². The van der Waals surface area contributed by atoms with Crippen LogP contribution in [-0.4, -0.2) is 36.5 Å². The minimum absolute atomic E-state index is 0.00883. The van der Waals surface area contributed by atoms with E-state index < -0.39 is 0 Å². The fraction of sp³-hybridized carbons (Fsp3) is 0.467. The summed E-state index contributed by atoms with van der Waals surface area (Å²) >= 11 is 11.8. The first kappa shape index (κ1) is 16.9. The van der Waals surface area contributed by atoms with Gasteiger partial charge in [-0.2, -0.15) is 0 Å². The van der Waals surface area contributed by atoms with Crippen LogP contribution in [0.4, 0.5) is 10.5 Å². The third-order valence-electron chi connectivity index (χ3n) is 3.60. The molecular formula is C15H19Cl2N3O2. The molecule has 120 valence electrons. The van der Waals surface area contributed by atoms with Crippen molar-refractivity contribution < 1.29 is 9.59 Å². The van der Waals surface area contributed by atoms with Gasteiger partial charge in [0, 0.05) is 25.3 Å². The van der Waals surface area contributed by atoms with Crippen molar-refractivity contribution in [2.75, 3.05) is 25.0 Å². The normalized spacial score (nSPS) is 18.0. The minimum Gasteiger partial charge on any atom is -0.356 e. The van der Waals surface area contributed by atoms with E-state index in [0.29, 0.717) is 35.4 Å². The van der Waals surface area contributed by atoms with Crippen LogP contribution in [0.15, 0.2) is 18.2 Å². The number of benzene rings is 1. The molecule has 0 bridgehead atoms. The Morgan fingerprint density at radius 3 is 2.77 bits per heavy atom. The lowest BCUT2D eigenvalue weighted by atomic mass is 9.97. The summed E-state index contributed by atoms with van der Waals surface area (Å²) in [7, 11) is 0. The van der Waals surface area contributed by atoms with E-state index in [-0.39, 0.29) is 17.9 Å². The summed E-state index contributed by atoms with van der Waals surface area (Å²) in [6, 6.07) is 4.70. The summed E-state index contributed by atoms with van der Waals surface area (Å²) in [5.74, 6) is -0.136. The van der Waals surface area contributed by atoms with Gasteiger partial charge in [-0.15, -0.1) is 0 Å². The number of nitrogens with zero attached hydrogens (tertiary/aromatic N) is 1. The summed E-state index contributed by atoms with van der Waals surface area (Å²) in [6.07, 6.45) is 1.62. The third-order valence-corrected chi connectivity index (χ3v) is 4.34. The van der Waals surface area contributed by atoms with Gasteiger partial charge in [-0.05, 0) is 38.0 Å². The molecule has 5 nitrogen and oxygen atoms in total. The van der Waals surface area contributed by atoms with Crippen LogP contribution in [0.1, 0.15) is 19.8 Å². The number of amides is 3. The van der Waals surface area contributed by atoms with E-state index in [1.807, 2.05) is 6.92 Å². The van der Waals surface area contributed by atoms with Gasteiger partial charge in [0.1, 0.15) is 0 Å². The van der Waals surface area contributed by atoms with E-state index in [9.17, 15) is 9.59 Å². The van der Waals surface area contributed by atoms with Crippen molar-refractivity contribution >= 4 is 40.8 Å². The molecule has 0 radical (unpaired) electrons. The Balaban J connectivity index is 1.96. The van der Waals surface area contributed by atoms with Crippen LogP contribution in [0.2, 0.25) is 10.0 Å². The highest BCUT2D eigenvalue weighted by Gasteiger charge is 2.28. The predicted molar refractivity (Wildman–Crippen MR) is 88.5 cm³/mol. The average Bonchev–Trinajstić information content (AvgIpc) is 2.51. The Morgan fingerprint density at radius 1 is 1.32 bits per heavy atom. The Bertz CT molecular complexity index is 566. The average molecular weight is 344 g/mol. The van der Waals surface area contributed by atoms with Gasteiger partial charge >= 0.3 is 6.03 Å². The smallest absolute Gasteiger partial charge is 0.321 e. The summed E-state index contributed by atoms with van der Waals surface area (Å²) < 4.78 is 0. The third kappa shape index (κ3) is 4.27. The van der Waals surface area contributed by atoms with E-state index in [2.05, 4.69) is 10.6 Å². The van der Waals surface area contributed by atoms with Crippen molar-refractivity contribution in [2.24, 2.45) is 5.92 Å². The first-order chi connectivity index (χ1) is 10.5. The minimum atomic E-state index is -0.229. The Labute approximate surface area is 139 Å². The Hall–Kier alpha value is -1.46. The van der Waals surface area contributed by atoms with E-state index >= 15 is 0 Å². The lowest BCUT2D eigenvalue weighted by Gasteiger charge is -2.32. The quantitative estimate of drug-likeness (QED) is 0.883. The van der Waals surface area contributed by atoms with Gasteiger partial charge < -0.3 is 15.5 Å². The van der Waals surface area contributed by atoms with Crippen molar-refractivity contribution in [2.45, 2.75) is 19.8 Å². The maximum absolute atomic E-state index is 12.3. The van der Waals surface area contributed by atoms with Gasteiger partial charge in [0.25, 0.3) is 0 Å². The van der Waals surface area contributed by atoms with Crippen LogP contribution in [0, 0.1) is 5.92 Å². The molecular weight excluding hydrogens is 325 g/mol. The first-order valence-electron chi connectivity index (χ1n) is 7.30. The Morgan fingerprint density at radius 2 is 2.09 bits per heavy atom. The molecule has 1 saturated heterocycles. The van der Waals surface area contributed by atoms with E-state index in [1.54, 1.807) is 23.1 Å². The molecule has 1 aromatic carbocycles. The lowest BCUT2D eigenvalue weighted by molar-refractivity contribution is -0.126. The summed E-state index contributed by atoms with van der Waals surface area (Å²) in [4.78, 5) is 25.9. The molecule has 1 atom stereocenters. The van der Waals surface area contributed by atoms with Gasteiger partial charge in [0.15, 0.2) is 0 Å². The molecule has 22 heavy (non-hydrogen) atoms.